The molecular weight excluding hydrogens is 265 g/mol. The lowest BCUT2D eigenvalue weighted by molar-refractivity contribution is 0.545. The zero-order chi connectivity index (χ0) is 14.7. The summed E-state index contributed by atoms with van der Waals surface area (Å²) in [5.74, 6) is -0.204. The Kier molecular flexibility index (Phi) is 5.10. The number of hydrogen-bond donors (Lipinski definition) is 1. The van der Waals surface area contributed by atoms with Gasteiger partial charge in [-0.3, -0.25) is 0 Å². The first-order valence-corrected chi connectivity index (χ1v) is 8.00. The van der Waals surface area contributed by atoms with Gasteiger partial charge in [-0.15, -0.1) is 0 Å². The van der Waals surface area contributed by atoms with Gasteiger partial charge in [-0.2, -0.15) is 0 Å². The minimum Gasteiger partial charge on any atom is -0.309 e. The van der Waals surface area contributed by atoms with E-state index in [0.717, 1.165) is 5.56 Å². The molecule has 1 aromatic carbocycles. The highest BCUT2D eigenvalue weighted by molar-refractivity contribution is 7.92. The third-order valence-electron chi connectivity index (χ3n) is 3.10. The Morgan fingerprint density at radius 2 is 1.95 bits per heavy atom. The lowest BCUT2D eigenvalue weighted by atomic mass is 10.1. The molecular formula is C14H22FNO2S. The van der Waals surface area contributed by atoms with E-state index >= 15 is 0 Å². The van der Waals surface area contributed by atoms with E-state index in [1.165, 1.54) is 12.1 Å². The largest absolute Gasteiger partial charge is 0.309 e. The number of benzene rings is 1. The first kappa shape index (κ1) is 16.1. The lowest BCUT2D eigenvalue weighted by Gasteiger charge is -2.20. The average molecular weight is 287 g/mol. The predicted molar refractivity (Wildman–Crippen MR) is 76.4 cm³/mol. The maximum atomic E-state index is 13.1. The van der Waals surface area contributed by atoms with Crippen LogP contribution in [0.3, 0.4) is 0 Å². The second-order valence-electron chi connectivity index (χ2n) is 5.66. The van der Waals surface area contributed by atoms with Crippen LogP contribution in [0.5, 0.6) is 0 Å². The highest BCUT2D eigenvalue weighted by Crippen LogP contribution is 2.16. The quantitative estimate of drug-likeness (QED) is 0.905. The molecule has 3 nitrogen and oxygen atoms in total. The minimum absolute atomic E-state index is 0.0779. The van der Waals surface area contributed by atoms with Crippen LogP contribution in [0.1, 0.15) is 39.3 Å². The molecule has 19 heavy (non-hydrogen) atoms. The molecule has 1 rings (SSSR count). The van der Waals surface area contributed by atoms with E-state index < -0.39 is 14.6 Å². The van der Waals surface area contributed by atoms with Gasteiger partial charge in [0, 0.05) is 12.6 Å². The SMILES string of the molecule is CC(NCCS(=O)(=O)C(C)(C)C)c1cccc(F)c1. The Hall–Kier alpha value is -0.940. The van der Waals surface area contributed by atoms with Crippen molar-refractivity contribution in [2.24, 2.45) is 0 Å². The maximum absolute atomic E-state index is 13.1. The third kappa shape index (κ3) is 4.58. The van der Waals surface area contributed by atoms with Gasteiger partial charge in [-0.1, -0.05) is 12.1 Å². The summed E-state index contributed by atoms with van der Waals surface area (Å²) >= 11 is 0. The second-order valence-corrected chi connectivity index (χ2v) is 8.52. The normalized spacial score (nSPS) is 14.4. The van der Waals surface area contributed by atoms with Gasteiger partial charge in [0.2, 0.25) is 0 Å². The van der Waals surface area contributed by atoms with Crippen molar-refractivity contribution in [3.8, 4) is 0 Å². The Balaban J connectivity index is 2.55. The molecule has 108 valence electrons. The van der Waals surface area contributed by atoms with Crippen molar-refractivity contribution in [2.75, 3.05) is 12.3 Å². The summed E-state index contributed by atoms with van der Waals surface area (Å²) in [6.07, 6.45) is 0. The molecule has 0 aliphatic carbocycles. The van der Waals surface area contributed by atoms with Gasteiger partial charge < -0.3 is 5.32 Å². The van der Waals surface area contributed by atoms with Crippen LogP contribution < -0.4 is 5.32 Å². The second kappa shape index (κ2) is 6.01. The molecule has 0 fully saturated rings. The molecule has 1 N–H and O–H groups in total. The van der Waals surface area contributed by atoms with Crippen LogP contribution in [0.25, 0.3) is 0 Å². The first-order chi connectivity index (χ1) is 8.63. The summed E-state index contributed by atoms with van der Waals surface area (Å²) in [4.78, 5) is 0. The first-order valence-electron chi connectivity index (χ1n) is 6.34. The standard InChI is InChI=1S/C14H22FNO2S/c1-11(12-6-5-7-13(15)10-12)16-8-9-19(17,18)14(2,3)4/h5-7,10-11,16H,8-9H2,1-4H3. The molecule has 0 saturated carbocycles. The summed E-state index contributed by atoms with van der Waals surface area (Å²) in [5.41, 5.74) is 0.813. The summed E-state index contributed by atoms with van der Waals surface area (Å²) in [5, 5.41) is 3.11. The van der Waals surface area contributed by atoms with Gasteiger partial charge in [0.25, 0.3) is 0 Å². The zero-order valence-corrected chi connectivity index (χ0v) is 12.7. The number of hydrogen-bond acceptors (Lipinski definition) is 3. The fourth-order valence-corrected chi connectivity index (χ4v) is 2.61. The fourth-order valence-electron chi connectivity index (χ4n) is 1.61. The number of sulfone groups is 1. The Morgan fingerprint density at radius 1 is 1.32 bits per heavy atom. The van der Waals surface area contributed by atoms with Crippen LogP contribution in [0, 0.1) is 5.82 Å². The van der Waals surface area contributed by atoms with Crippen molar-refractivity contribution in [1.29, 1.82) is 0 Å². The van der Waals surface area contributed by atoms with Crippen LogP contribution in [-0.2, 0) is 9.84 Å². The molecule has 0 spiro atoms. The molecule has 0 aliphatic rings. The van der Waals surface area contributed by atoms with Crippen LogP contribution >= 0.6 is 0 Å². The zero-order valence-electron chi connectivity index (χ0n) is 11.9. The Labute approximate surface area is 115 Å². The Morgan fingerprint density at radius 3 is 2.47 bits per heavy atom. The third-order valence-corrected chi connectivity index (χ3v) is 5.71. The van der Waals surface area contributed by atoms with Crippen molar-refractivity contribution in [2.45, 2.75) is 38.5 Å². The molecule has 0 amide bonds. The van der Waals surface area contributed by atoms with Crippen molar-refractivity contribution < 1.29 is 12.8 Å². The predicted octanol–water partition coefficient (Wildman–Crippen LogP) is 2.69. The topological polar surface area (TPSA) is 46.2 Å². The fraction of sp³-hybridized carbons (Fsp3) is 0.571. The molecule has 0 radical (unpaired) electrons. The molecule has 0 heterocycles. The molecule has 1 unspecified atom stereocenters. The van der Waals surface area contributed by atoms with E-state index in [4.69, 9.17) is 0 Å². The van der Waals surface area contributed by atoms with Gasteiger partial charge in [0.1, 0.15) is 5.82 Å². The number of rotatable bonds is 5. The van der Waals surface area contributed by atoms with E-state index in [9.17, 15) is 12.8 Å². The number of halogens is 1. The molecule has 1 aromatic rings. The van der Waals surface area contributed by atoms with Crippen molar-refractivity contribution in [3.63, 3.8) is 0 Å². The van der Waals surface area contributed by atoms with Crippen molar-refractivity contribution in [3.05, 3.63) is 35.6 Å². The molecule has 0 saturated heterocycles. The van der Waals surface area contributed by atoms with Gasteiger partial charge in [-0.25, -0.2) is 12.8 Å². The summed E-state index contributed by atoms with van der Waals surface area (Å²) in [6.45, 7) is 7.32. The summed E-state index contributed by atoms with van der Waals surface area (Å²) in [7, 11) is -3.12. The monoisotopic (exact) mass is 287 g/mol. The Bertz CT molecular complexity index is 520. The molecule has 0 aromatic heterocycles. The van der Waals surface area contributed by atoms with E-state index in [1.807, 2.05) is 13.0 Å². The smallest absolute Gasteiger partial charge is 0.156 e. The minimum atomic E-state index is -3.12. The number of nitrogens with one attached hydrogen (secondary N) is 1. The van der Waals surface area contributed by atoms with Crippen LogP contribution in [-0.4, -0.2) is 25.5 Å². The highest BCUT2D eigenvalue weighted by Gasteiger charge is 2.28. The molecule has 5 heteroatoms. The average Bonchev–Trinajstić information content (AvgIpc) is 2.27. The van der Waals surface area contributed by atoms with Crippen molar-refractivity contribution >= 4 is 9.84 Å². The van der Waals surface area contributed by atoms with Gasteiger partial charge in [0.15, 0.2) is 9.84 Å². The van der Waals surface area contributed by atoms with Crippen LogP contribution in [0.2, 0.25) is 0 Å². The van der Waals surface area contributed by atoms with E-state index in [-0.39, 0.29) is 17.6 Å². The van der Waals surface area contributed by atoms with Gasteiger partial charge in [0.05, 0.1) is 10.5 Å². The van der Waals surface area contributed by atoms with Crippen LogP contribution in [0.15, 0.2) is 24.3 Å². The maximum Gasteiger partial charge on any atom is 0.156 e. The van der Waals surface area contributed by atoms with E-state index in [1.54, 1.807) is 26.8 Å². The van der Waals surface area contributed by atoms with E-state index in [0.29, 0.717) is 6.54 Å². The highest BCUT2D eigenvalue weighted by atomic mass is 32.2. The van der Waals surface area contributed by atoms with Gasteiger partial charge in [-0.05, 0) is 45.4 Å². The van der Waals surface area contributed by atoms with Gasteiger partial charge >= 0.3 is 0 Å². The lowest BCUT2D eigenvalue weighted by Crippen LogP contribution is -2.35. The molecule has 0 bridgehead atoms. The molecule has 0 aliphatic heterocycles. The van der Waals surface area contributed by atoms with E-state index in [2.05, 4.69) is 5.32 Å². The summed E-state index contributed by atoms with van der Waals surface area (Å²) in [6, 6.07) is 6.23. The molecule has 1 atom stereocenters. The van der Waals surface area contributed by atoms with Crippen LogP contribution in [0.4, 0.5) is 4.39 Å². The summed E-state index contributed by atoms with van der Waals surface area (Å²) < 4.78 is 36.2. The van der Waals surface area contributed by atoms with Crippen molar-refractivity contribution in [1.82, 2.24) is 5.32 Å².